The van der Waals surface area contributed by atoms with Gasteiger partial charge in [0.25, 0.3) is 5.91 Å². The molecule has 2 aromatic carbocycles. The minimum Gasteiger partial charge on any atom is -0.366 e. The molecule has 0 bridgehead atoms. The summed E-state index contributed by atoms with van der Waals surface area (Å²) < 4.78 is 55.5. The number of hydrogen-bond acceptors (Lipinski definition) is 3. The van der Waals surface area contributed by atoms with E-state index in [1.165, 1.54) is 18.4 Å². The molecule has 0 aromatic heterocycles. The van der Waals surface area contributed by atoms with Crippen LogP contribution in [0.25, 0.3) is 0 Å². The molecule has 0 aliphatic rings. The summed E-state index contributed by atoms with van der Waals surface area (Å²) in [5, 5.41) is 0.215. The van der Waals surface area contributed by atoms with Gasteiger partial charge in [-0.3, -0.25) is 4.79 Å². The summed E-state index contributed by atoms with van der Waals surface area (Å²) in [6, 6.07) is 6.86. The van der Waals surface area contributed by atoms with Crippen molar-refractivity contribution in [3.63, 3.8) is 0 Å². The Morgan fingerprint density at radius 1 is 1.27 bits per heavy atom. The van der Waals surface area contributed by atoms with Crippen molar-refractivity contribution in [2.45, 2.75) is 24.9 Å². The first kappa shape index (κ1) is 23.9. The van der Waals surface area contributed by atoms with Crippen molar-refractivity contribution >= 4 is 39.3 Å². The Bertz CT molecular complexity index is 1110. The summed E-state index contributed by atoms with van der Waals surface area (Å²) in [5.41, 5.74) is -0.284. The number of rotatable bonds is 5. The lowest BCUT2D eigenvalue weighted by atomic mass is 10.1. The molecular weight excluding hydrogens is 439 g/mol. The lowest BCUT2D eigenvalue weighted by Gasteiger charge is -2.12. The topological polar surface area (TPSA) is 62.1 Å². The molecule has 162 valence electrons. The van der Waals surface area contributed by atoms with E-state index in [-0.39, 0.29) is 15.5 Å². The molecule has 0 saturated heterocycles. The van der Waals surface area contributed by atoms with Gasteiger partial charge >= 0.3 is 6.18 Å². The van der Waals surface area contributed by atoms with Crippen LogP contribution in [0.1, 0.15) is 28.4 Å². The highest BCUT2D eigenvalue weighted by molar-refractivity contribution is 7.93. The van der Waals surface area contributed by atoms with Crippen LogP contribution in [0.3, 0.4) is 0 Å². The molecule has 10 heteroatoms. The predicted molar refractivity (Wildman–Crippen MR) is 113 cm³/mol. The third-order valence-corrected chi connectivity index (χ3v) is 6.31. The van der Waals surface area contributed by atoms with Crippen molar-refractivity contribution in [1.29, 1.82) is 0 Å². The van der Waals surface area contributed by atoms with E-state index in [9.17, 15) is 22.2 Å². The Labute approximate surface area is 178 Å². The minimum absolute atomic E-state index is 0.215. The number of carbonyl (C=O) groups excluding carboxylic acids is 1. The van der Waals surface area contributed by atoms with Crippen LogP contribution in [0.2, 0.25) is 5.02 Å². The number of amides is 1. The smallest absolute Gasteiger partial charge is 0.366 e. The lowest BCUT2D eigenvalue weighted by Crippen LogP contribution is -2.14. The SMILES string of the molecule is CCN(C)/C=N/c1cc(C)c(S(C)(=O)=NC(=O)c2cccc(C(F)(F)F)c2)cc1Cl. The zero-order valence-corrected chi connectivity index (χ0v) is 18.4. The second kappa shape index (κ2) is 9.18. The molecule has 30 heavy (non-hydrogen) atoms. The van der Waals surface area contributed by atoms with Crippen LogP contribution in [0, 0.1) is 6.92 Å². The first-order valence-corrected chi connectivity index (χ1v) is 11.1. The van der Waals surface area contributed by atoms with E-state index in [1.54, 1.807) is 19.3 Å². The normalized spacial score (nSPS) is 13.9. The van der Waals surface area contributed by atoms with Crippen LogP contribution in [-0.2, 0) is 15.9 Å². The summed E-state index contributed by atoms with van der Waals surface area (Å²) in [5.74, 6) is -1.00. The van der Waals surface area contributed by atoms with Crippen LogP contribution in [-0.4, -0.2) is 41.2 Å². The predicted octanol–water partition coefficient (Wildman–Crippen LogP) is 5.58. The molecule has 0 saturated carbocycles. The van der Waals surface area contributed by atoms with Gasteiger partial charge < -0.3 is 4.90 Å². The maximum atomic E-state index is 13.1. The van der Waals surface area contributed by atoms with Crippen molar-refractivity contribution in [2.24, 2.45) is 9.36 Å². The van der Waals surface area contributed by atoms with E-state index in [2.05, 4.69) is 9.36 Å². The molecule has 0 spiro atoms. The third-order valence-electron chi connectivity index (χ3n) is 4.24. The van der Waals surface area contributed by atoms with Gasteiger partial charge in [-0.05, 0) is 49.7 Å². The molecule has 1 amide bonds. The van der Waals surface area contributed by atoms with Gasteiger partial charge in [0.15, 0.2) is 0 Å². The number of aliphatic imine (C=N–C) groups is 1. The van der Waals surface area contributed by atoms with E-state index in [0.717, 1.165) is 18.7 Å². The average molecular weight is 460 g/mol. The number of carbonyl (C=O) groups is 1. The fourth-order valence-corrected chi connectivity index (χ4v) is 4.28. The van der Waals surface area contributed by atoms with Crippen molar-refractivity contribution < 1.29 is 22.2 Å². The maximum Gasteiger partial charge on any atom is 0.416 e. The molecule has 1 unspecified atom stereocenters. The Hall–Kier alpha value is -2.39. The highest BCUT2D eigenvalue weighted by Gasteiger charge is 2.31. The van der Waals surface area contributed by atoms with Gasteiger partial charge in [0.1, 0.15) is 0 Å². The first-order chi connectivity index (χ1) is 13.8. The van der Waals surface area contributed by atoms with E-state index >= 15 is 0 Å². The van der Waals surface area contributed by atoms with Gasteiger partial charge in [-0.15, -0.1) is 0 Å². The van der Waals surface area contributed by atoms with Gasteiger partial charge in [-0.1, -0.05) is 17.7 Å². The number of hydrogen-bond donors (Lipinski definition) is 0. The zero-order valence-electron chi connectivity index (χ0n) is 16.8. The number of halogens is 4. The molecular formula is C20H21ClF3N3O2S. The Kier molecular flexibility index (Phi) is 7.31. The van der Waals surface area contributed by atoms with Gasteiger partial charge in [-0.2, -0.15) is 17.5 Å². The van der Waals surface area contributed by atoms with Crippen molar-refractivity contribution in [3.8, 4) is 0 Å². The van der Waals surface area contributed by atoms with Crippen molar-refractivity contribution in [1.82, 2.24) is 4.90 Å². The molecule has 5 nitrogen and oxygen atoms in total. The molecule has 1 atom stereocenters. The highest BCUT2D eigenvalue weighted by atomic mass is 35.5. The van der Waals surface area contributed by atoms with Crippen molar-refractivity contribution in [3.05, 3.63) is 58.1 Å². The van der Waals surface area contributed by atoms with Gasteiger partial charge in [-0.25, -0.2) is 9.20 Å². The molecule has 0 aliphatic carbocycles. The van der Waals surface area contributed by atoms with E-state index in [0.29, 0.717) is 17.3 Å². The van der Waals surface area contributed by atoms with E-state index in [4.69, 9.17) is 11.6 Å². The summed E-state index contributed by atoms with van der Waals surface area (Å²) >= 11 is 6.25. The number of benzene rings is 2. The second-order valence-electron chi connectivity index (χ2n) is 6.66. The zero-order chi connectivity index (χ0) is 22.7. The Morgan fingerprint density at radius 3 is 2.53 bits per heavy atom. The molecule has 2 aromatic rings. The average Bonchev–Trinajstić information content (AvgIpc) is 2.67. The summed E-state index contributed by atoms with van der Waals surface area (Å²) in [7, 11) is -1.42. The molecule has 0 aliphatic heterocycles. The molecule has 0 fully saturated rings. The summed E-state index contributed by atoms with van der Waals surface area (Å²) in [6.07, 6.45) is -1.76. The minimum atomic E-state index is -4.60. The summed E-state index contributed by atoms with van der Waals surface area (Å²) in [4.78, 5) is 18.7. The number of aryl methyl sites for hydroxylation is 1. The van der Waals surface area contributed by atoms with Crippen LogP contribution in [0.5, 0.6) is 0 Å². The molecule has 0 heterocycles. The standard InChI is InChI=1S/C20H21ClF3N3O2S/c1-5-27(3)12-25-17-9-13(2)18(11-16(17)21)30(4,29)26-19(28)14-7-6-8-15(10-14)20(22,23)24/h6-12H,5H2,1-4H3/b25-12+. The molecule has 2 rings (SSSR count). The highest BCUT2D eigenvalue weighted by Crippen LogP contribution is 2.32. The fourth-order valence-electron chi connectivity index (χ4n) is 2.49. The van der Waals surface area contributed by atoms with Gasteiger partial charge in [0.2, 0.25) is 0 Å². The maximum absolute atomic E-state index is 13.1. The molecule has 0 N–H and O–H groups in total. The number of nitrogens with zero attached hydrogens (tertiary/aromatic N) is 3. The second-order valence-corrected chi connectivity index (χ2v) is 9.30. The van der Waals surface area contributed by atoms with Crippen molar-refractivity contribution in [2.75, 3.05) is 19.8 Å². The largest absolute Gasteiger partial charge is 0.416 e. The summed E-state index contributed by atoms with van der Waals surface area (Å²) in [6.45, 7) is 4.37. The monoisotopic (exact) mass is 459 g/mol. The fraction of sp³-hybridized carbons (Fsp3) is 0.300. The lowest BCUT2D eigenvalue weighted by molar-refractivity contribution is -0.137. The third kappa shape index (κ3) is 5.82. The van der Waals surface area contributed by atoms with Crippen LogP contribution < -0.4 is 0 Å². The Morgan fingerprint density at radius 2 is 1.93 bits per heavy atom. The first-order valence-electron chi connectivity index (χ1n) is 8.83. The quantitative estimate of drug-likeness (QED) is 0.433. The van der Waals surface area contributed by atoms with Gasteiger partial charge in [0, 0.05) is 25.4 Å². The number of alkyl halides is 3. The van der Waals surface area contributed by atoms with E-state index < -0.39 is 27.4 Å². The van der Waals surface area contributed by atoms with Crippen LogP contribution >= 0.6 is 11.6 Å². The Balaban J connectivity index is 2.45. The van der Waals surface area contributed by atoms with Crippen LogP contribution in [0.4, 0.5) is 18.9 Å². The van der Waals surface area contributed by atoms with Crippen LogP contribution in [0.15, 0.2) is 50.6 Å². The molecule has 0 radical (unpaired) electrons. The van der Waals surface area contributed by atoms with E-state index in [1.807, 2.05) is 18.9 Å². The van der Waals surface area contributed by atoms with Gasteiger partial charge in [0.05, 0.1) is 37.2 Å².